The van der Waals surface area contributed by atoms with E-state index in [0.29, 0.717) is 25.8 Å². The van der Waals surface area contributed by atoms with Gasteiger partial charge in [-0.25, -0.2) is 4.79 Å². The summed E-state index contributed by atoms with van der Waals surface area (Å²) >= 11 is 0. The molecule has 1 aliphatic heterocycles. The first-order valence-corrected chi connectivity index (χ1v) is 21.9. The minimum atomic E-state index is -1.15. The van der Waals surface area contributed by atoms with Gasteiger partial charge in [0.2, 0.25) is 41.4 Å². The Morgan fingerprint density at radius 3 is 1.73 bits per heavy atom. The van der Waals surface area contributed by atoms with Gasteiger partial charge in [-0.15, -0.1) is 0 Å². The fourth-order valence-corrected chi connectivity index (χ4v) is 7.58. The number of carboxylic acids is 1. The maximum absolute atomic E-state index is 14.4. The monoisotopic (exact) mass is 871 g/mol. The van der Waals surface area contributed by atoms with E-state index in [1.54, 1.807) is 26.1 Å². The molecule has 8 atom stereocenters. The Kier molecular flexibility index (Phi) is 21.0. The Morgan fingerprint density at radius 1 is 0.661 bits per heavy atom. The maximum atomic E-state index is 14.4. The van der Waals surface area contributed by atoms with Gasteiger partial charge in [-0.3, -0.25) is 33.6 Å². The first kappa shape index (κ1) is 53.1. The Hall–Kier alpha value is -5.06. The molecule has 0 aliphatic carbocycles. The van der Waals surface area contributed by atoms with Gasteiger partial charge in [0.05, 0.1) is 6.04 Å². The second-order valence-corrected chi connectivity index (χ2v) is 18.0. The second-order valence-electron chi connectivity index (χ2n) is 18.0. The summed E-state index contributed by atoms with van der Waals surface area (Å²) in [6.07, 6.45) is 1.78. The summed E-state index contributed by atoms with van der Waals surface area (Å²) in [6.45, 7) is 16.3. The SMILES string of the molecule is CN[C@@H](C)C(=O)N[C@@H](CC(C)C)C(=O)N1CCC[C@H]1C(=O)N[C@@H](C)C(=O)N(C)[C@@H](Cc1ccccc1)C(=O)N[C@@H](CC(C)C)C(=O)N(C)[C@@H](C)C(=O)N(C)[C@@H](CC(C)C)C(=O)O. The van der Waals surface area contributed by atoms with Crippen LogP contribution in [0.25, 0.3) is 0 Å². The van der Waals surface area contributed by atoms with Crippen molar-refractivity contribution in [1.29, 1.82) is 0 Å². The predicted molar refractivity (Wildman–Crippen MR) is 236 cm³/mol. The average Bonchev–Trinajstić information content (AvgIpc) is 3.72. The largest absolute Gasteiger partial charge is 0.480 e. The third-order valence-electron chi connectivity index (χ3n) is 11.5. The highest BCUT2D eigenvalue weighted by atomic mass is 16.4. The number of carbonyl (C=O) groups is 8. The van der Waals surface area contributed by atoms with Gasteiger partial charge in [0.1, 0.15) is 42.3 Å². The smallest absolute Gasteiger partial charge is 0.326 e. The molecule has 1 saturated heterocycles. The van der Waals surface area contributed by atoms with Crippen molar-refractivity contribution in [2.24, 2.45) is 17.8 Å². The summed E-state index contributed by atoms with van der Waals surface area (Å²) in [4.78, 5) is 114. The molecule has 0 bridgehead atoms. The summed E-state index contributed by atoms with van der Waals surface area (Å²) in [5.74, 6) is -4.76. The molecule has 0 radical (unpaired) electrons. The van der Waals surface area contributed by atoms with E-state index in [1.165, 1.54) is 49.7 Å². The summed E-state index contributed by atoms with van der Waals surface area (Å²) in [6, 6.07) is 1.27. The first-order chi connectivity index (χ1) is 28.9. The lowest BCUT2D eigenvalue weighted by Crippen LogP contribution is -2.60. The number of carbonyl (C=O) groups excluding carboxylic acids is 7. The van der Waals surface area contributed by atoms with Crippen LogP contribution < -0.4 is 21.3 Å². The van der Waals surface area contributed by atoms with Gasteiger partial charge in [0, 0.05) is 34.1 Å². The molecule has 0 saturated carbocycles. The first-order valence-electron chi connectivity index (χ1n) is 21.9. The normalized spacial score (nSPS) is 17.3. The maximum Gasteiger partial charge on any atom is 0.326 e. The molecule has 1 fully saturated rings. The van der Waals surface area contributed by atoms with Crippen LogP contribution in [0.4, 0.5) is 0 Å². The number of hydrogen-bond acceptors (Lipinski definition) is 9. The van der Waals surface area contributed by atoms with Crippen LogP contribution in [0.5, 0.6) is 0 Å². The van der Waals surface area contributed by atoms with Crippen molar-refractivity contribution in [1.82, 2.24) is 40.9 Å². The molecule has 0 aromatic heterocycles. The van der Waals surface area contributed by atoms with Crippen molar-refractivity contribution in [3.05, 3.63) is 35.9 Å². The molecule has 2 rings (SSSR count). The van der Waals surface area contributed by atoms with E-state index in [1.807, 2.05) is 59.7 Å². The Morgan fingerprint density at radius 2 is 1.19 bits per heavy atom. The van der Waals surface area contributed by atoms with Crippen molar-refractivity contribution in [2.75, 3.05) is 34.7 Å². The molecule has 7 amide bonds. The van der Waals surface area contributed by atoms with Gasteiger partial charge < -0.3 is 46.0 Å². The molecule has 17 nitrogen and oxygen atoms in total. The average molecular weight is 871 g/mol. The van der Waals surface area contributed by atoms with Crippen LogP contribution in [0, 0.1) is 17.8 Å². The van der Waals surface area contributed by atoms with Gasteiger partial charge in [0.15, 0.2) is 0 Å². The Bertz CT molecular complexity index is 1710. The van der Waals surface area contributed by atoms with Crippen molar-refractivity contribution in [3.8, 4) is 0 Å². The third-order valence-corrected chi connectivity index (χ3v) is 11.5. The van der Waals surface area contributed by atoms with E-state index in [2.05, 4.69) is 21.3 Å². The number of benzene rings is 1. The molecule has 0 unspecified atom stereocenters. The summed E-state index contributed by atoms with van der Waals surface area (Å²) in [7, 11) is 5.93. The van der Waals surface area contributed by atoms with Crippen LogP contribution in [0.2, 0.25) is 0 Å². The lowest BCUT2D eigenvalue weighted by Gasteiger charge is -2.35. The minimum Gasteiger partial charge on any atom is -0.480 e. The highest BCUT2D eigenvalue weighted by Gasteiger charge is 2.41. The van der Waals surface area contributed by atoms with Crippen LogP contribution in [0.3, 0.4) is 0 Å². The minimum absolute atomic E-state index is 0.00485. The standard InChI is InChI=1S/C45H74N8O9/c1-26(2)22-33(43(59)50(11)31(9)42(58)52(13)37(45(61)62)24-28(5)6)49-40(56)36(25-32-18-15-14-16-19-32)51(12)41(57)30(8)47-39(55)35-20-17-21-53(35)44(60)34(23-27(3)4)48-38(54)29(7)46-10/h14-16,18-19,26-31,33-37,46H,17,20-25H2,1-13H3,(H,47,55)(H,48,54)(H,49,56)(H,61,62)/t29-,30-,31-,33-,34-,35-,36-,37-/m0/s1. The highest BCUT2D eigenvalue weighted by Crippen LogP contribution is 2.22. The van der Waals surface area contributed by atoms with Crippen LogP contribution in [0.15, 0.2) is 30.3 Å². The quantitative estimate of drug-likeness (QED) is 0.108. The van der Waals surface area contributed by atoms with Crippen molar-refractivity contribution < 1.29 is 43.5 Å². The number of aliphatic carboxylic acids is 1. The number of carboxylic acid groups (broad SMARTS) is 1. The van der Waals surface area contributed by atoms with Crippen molar-refractivity contribution >= 4 is 47.3 Å². The number of nitrogens with zero attached hydrogens (tertiary/aromatic N) is 4. The van der Waals surface area contributed by atoms with Crippen LogP contribution in [0.1, 0.15) is 100.0 Å². The molecule has 1 aliphatic rings. The molecule has 348 valence electrons. The van der Waals surface area contributed by atoms with Crippen molar-refractivity contribution in [2.45, 2.75) is 149 Å². The predicted octanol–water partition coefficient (Wildman–Crippen LogP) is 2.03. The molecule has 5 N–H and O–H groups in total. The number of hydrogen-bond donors (Lipinski definition) is 5. The van der Waals surface area contributed by atoms with Crippen LogP contribution >= 0.6 is 0 Å². The fourth-order valence-electron chi connectivity index (χ4n) is 7.58. The molecule has 62 heavy (non-hydrogen) atoms. The molecule has 1 heterocycles. The third kappa shape index (κ3) is 15.1. The lowest BCUT2D eigenvalue weighted by atomic mass is 9.99. The molecule has 1 aromatic carbocycles. The van der Waals surface area contributed by atoms with E-state index in [0.717, 1.165) is 10.5 Å². The van der Waals surface area contributed by atoms with E-state index >= 15 is 0 Å². The zero-order chi connectivity index (χ0) is 47.2. The van der Waals surface area contributed by atoms with E-state index in [-0.39, 0.29) is 48.8 Å². The highest BCUT2D eigenvalue weighted by molar-refractivity contribution is 5.97. The van der Waals surface area contributed by atoms with Gasteiger partial charge in [0.25, 0.3) is 0 Å². The van der Waals surface area contributed by atoms with Gasteiger partial charge >= 0.3 is 5.97 Å². The van der Waals surface area contributed by atoms with E-state index in [4.69, 9.17) is 0 Å². The summed E-state index contributed by atoms with van der Waals surface area (Å²) in [5, 5.41) is 21.2. The summed E-state index contributed by atoms with van der Waals surface area (Å²) in [5.41, 5.74) is 0.733. The summed E-state index contributed by atoms with van der Waals surface area (Å²) < 4.78 is 0. The van der Waals surface area contributed by atoms with Gasteiger partial charge in [-0.1, -0.05) is 71.9 Å². The molecule has 0 spiro atoms. The number of likely N-dealkylation sites (N-methyl/N-ethyl adjacent to an activating group) is 4. The molecular formula is C45H74N8O9. The zero-order valence-electron chi connectivity index (χ0n) is 39.2. The fraction of sp³-hybridized carbons (Fsp3) is 0.689. The van der Waals surface area contributed by atoms with Gasteiger partial charge in [-0.2, -0.15) is 0 Å². The number of rotatable bonds is 23. The molecule has 1 aromatic rings. The van der Waals surface area contributed by atoms with E-state index in [9.17, 15) is 43.5 Å². The van der Waals surface area contributed by atoms with Crippen molar-refractivity contribution in [3.63, 3.8) is 0 Å². The van der Waals surface area contributed by atoms with Gasteiger partial charge in [-0.05, 0) is 83.2 Å². The Balaban J connectivity index is 2.34. The topological polar surface area (TPSA) is 218 Å². The van der Waals surface area contributed by atoms with Crippen LogP contribution in [-0.2, 0) is 44.8 Å². The molecule has 17 heteroatoms. The lowest BCUT2D eigenvalue weighted by molar-refractivity contribution is -0.153. The Labute approximate surface area is 368 Å². The number of likely N-dealkylation sites (tertiary alicyclic amines) is 1. The second kappa shape index (κ2) is 24.5. The van der Waals surface area contributed by atoms with E-state index < -0.39 is 83.8 Å². The number of amides is 7. The molecular weight excluding hydrogens is 797 g/mol. The number of nitrogens with one attached hydrogen (secondary N) is 4. The van der Waals surface area contributed by atoms with Crippen LogP contribution in [-0.4, -0.2) is 155 Å². The zero-order valence-corrected chi connectivity index (χ0v) is 39.2.